The van der Waals surface area contributed by atoms with Crippen LogP contribution in [0, 0.1) is 28.1 Å². The van der Waals surface area contributed by atoms with E-state index in [1.54, 1.807) is 6.92 Å². The number of esters is 1. The molecule has 0 aromatic carbocycles. The Hall–Kier alpha value is -0.790. The largest absolute Gasteiger partial charge is 0.481 e. The van der Waals surface area contributed by atoms with Crippen molar-refractivity contribution < 1.29 is 24.5 Å². The Morgan fingerprint density at radius 1 is 1.00 bits per heavy atom. The van der Waals surface area contributed by atoms with Crippen LogP contribution in [0.2, 0.25) is 0 Å². The van der Waals surface area contributed by atoms with Crippen molar-refractivity contribution in [3.8, 4) is 0 Å². The van der Waals surface area contributed by atoms with Gasteiger partial charge in [-0.25, -0.2) is 0 Å². The van der Waals surface area contributed by atoms with Crippen LogP contribution in [0.5, 0.6) is 0 Å². The summed E-state index contributed by atoms with van der Waals surface area (Å²) in [4.78, 5) is 24.9. The smallest absolute Gasteiger partial charge is 0.311 e. The lowest BCUT2D eigenvalue weighted by atomic mass is 9.56. The summed E-state index contributed by atoms with van der Waals surface area (Å²) in [6.45, 7) is 16.9. The molecule has 166 valence electrons. The first kappa shape index (κ1) is 27.2. The van der Waals surface area contributed by atoms with Crippen LogP contribution in [0.25, 0.3) is 0 Å². The number of carboxylic acids is 1. The van der Waals surface area contributed by atoms with Crippen LogP contribution in [-0.2, 0) is 14.3 Å². The van der Waals surface area contributed by atoms with Gasteiger partial charge in [-0.3, -0.25) is 9.59 Å². The molecule has 0 bridgehead atoms. The van der Waals surface area contributed by atoms with Gasteiger partial charge < -0.3 is 20.7 Å². The van der Waals surface area contributed by atoms with E-state index in [-0.39, 0.29) is 12.4 Å². The van der Waals surface area contributed by atoms with Crippen molar-refractivity contribution in [3.63, 3.8) is 0 Å². The number of carboxylic acid groups (broad SMARTS) is 1. The summed E-state index contributed by atoms with van der Waals surface area (Å²) in [6.07, 6.45) is -0.528. The summed E-state index contributed by atoms with van der Waals surface area (Å²) >= 11 is 3.99. The lowest BCUT2D eigenvalue weighted by Crippen LogP contribution is -2.62. The van der Waals surface area contributed by atoms with E-state index in [0.717, 1.165) is 0 Å². The van der Waals surface area contributed by atoms with Crippen molar-refractivity contribution in [2.75, 3.05) is 12.4 Å². The van der Waals surface area contributed by atoms with Crippen molar-refractivity contribution in [2.45, 2.75) is 80.4 Å². The minimum atomic E-state index is -1.05. The molecule has 0 spiro atoms. The van der Waals surface area contributed by atoms with E-state index >= 15 is 0 Å². The number of hydrogen-bond acceptors (Lipinski definition) is 6. The minimum Gasteiger partial charge on any atom is -0.481 e. The number of ether oxygens (including phenoxy) is 1. The molecule has 0 aliphatic carbocycles. The molecule has 0 saturated heterocycles. The highest BCUT2D eigenvalue weighted by molar-refractivity contribution is 7.80. The number of carbonyl (C=O) groups excluding carboxylic acids is 1. The average molecular weight is 420 g/mol. The summed E-state index contributed by atoms with van der Waals surface area (Å²) in [7, 11) is 0. The van der Waals surface area contributed by atoms with Crippen LogP contribution in [0.3, 0.4) is 0 Å². The SMILES string of the molecule is CC(C)(C)C(CC(C)(C)C(C)(N)C(C(=O)OCC(O)CS)C(C)(C)C)C(=O)O. The monoisotopic (exact) mass is 419 g/mol. The first-order chi connectivity index (χ1) is 12.3. The molecule has 0 amide bonds. The Labute approximate surface area is 176 Å². The van der Waals surface area contributed by atoms with Gasteiger partial charge in [0.1, 0.15) is 6.61 Å². The molecule has 6 nitrogen and oxygen atoms in total. The number of aliphatic hydroxyl groups excluding tert-OH is 1. The fourth-order valence-corrected chi connectivity index (χ4v) is 3.80. The standard InChI is InChI=1S/C21H41NO5S/c1-18(2,3)14(16(24)25)10-20(7,8)21(9,22)15(19(4,5)6)17(26)27-11-13(23)12-28/h13-15,23,28H,10-12,22H2,1-9H3,(H,24,25). The minimum absolute atomic E-state index is 0.148. The van der Waals surface area contributed by atoms with Crippen LogP contribution >= 0.6 is 12.6 Å². The average Bonchev–Trinajstić information content (AvgIpc) is 2.46. The number of carbonyl (C=O) groups is 2. The van der Waals surface area contributed by atoms with E-state index in [9.17, 15) is 19.8 Å². The molecule has 0 aliphatic rings. The fourth-order valence-electron chi connectivity index (χ4n) is 3.70. The van der Waals surface area contributed by atoms with E-state index in [1.165, 1.54) is 0 Å². The van der Waals surface area contributed by atoms with Crippen LogP contribution in [0.1, 0.15) is 68.7 Å². The van der Waals surface area contributed by atoms with Crippen LogP contribution in [0.4, 0.5) is 0 Å². The molecule has 0 saturated carbocycles. The van der Waals surface area contributed by atoms with Gasteiger partial charge in [0.25, 0.3) is 0 Å². The molecule has 0 aromatic heterocycles. The normalized spacial score (nSPS) is 18.7. The number of nitrogens with two attached hydrogens (primary N) is 1. The Balaban J connectivity index is 5.91. The second-order valence-corrected chi connectivity index (χ2v) is 11.3. The lowest BCUT2D eigenvalue weighted by molar-refractivity contribution is -0.162. The van der Waals surface area contributed by atoms with Gasteiger partial charge in [0, 0.05) is 11.3 Å². The van der Waals surface area contributed by atoms with Crippen molar-refractivity contribution in [1.29, 1.82) is 0 Å². The lowest BCUT2D eigenvalue weighted by Gasteiger charge is -2.51. The maximum Gasteiger partial charge on any atom is 0.311 e. The molecule has 4 atom stereocenters. The highest BCUT2D eigenvalue weighted by atomic mass is 32.1. The quantitative estimate of drug-likeness (QED) is 0.337. The molecule has 28 heavy (non-hydrogen) atoms. The van der Waals surface area contributed by atoms with Gasteiger partial charge in [0.15, 0.2) is 0 Å². The second kappa shape index (κ2) is 9.35. The van der Waals surface area contributed by atoms with E-state index in [4.69, 9.17) is 10.5 Å². The summed E-state index contributed by atoms with van der Waals surface area (Å²) in [5.74, 6) is -2.49. The third-order valence-corrected chi connectivity index (χ3v) is 6.27. The molecule has 0 rings (SSSR count). The molecular weight excluding hydrogens is 378 g/mol. The third-order valence-electron chi connectivity index (χ3n) is 5.85. The Kier molecular flexibility index (Phi) is 9.09. The van der Waals surface area contributed by atoms with Crippen LogP contribution < -0.4 is 5.73 Å². The van der Waals surface area contributed by atoms with Crippen molar-refractivity contribution >= 4 is 24.6 Å². The van der Waals surface area contributed by atoms with E-state index in [1.807, 2.05) is 55.4 Å². The maximum absolute atomic E-state index is 13.0. The molecule has 0 aromatic rings. The zero-order chi connectivity index (χ0) is 22.7. The zero-order valence-electron chi connectivity index (χ0n) is 19.0. The Morgan fingerprint density at radius 3 is 1.79 bits per heavy atom. The summed E-state index contributed by atoms with van der Waals surface area (Å²) in [5, 5.41) is 19.4. The number of hydrogen-bond donors (Lipinski definition) is 4. The number of rotatable bonds is 9. The summed E-state index contributed by atoms with van der Waals surface area (Å²) < 4.78 is 5.35. The van der Waals surface area contributed by atoms with Gasteiger partial charge >= 0.3 is 11.9 Å². The Morgan fingerprint density at radius 2 is 1.46 bits per heavy atom. The predicted octanol–water partition coefficient (Wildman–Crippen LogP) is 3.36. The zero-order valence-corrected chi connectivity index (χ0v) is 19.9. The van der Waals surface area contributed by atoms with Crippen molar-refractivity contribution in [3.05, 3.63) is 0 Å². The van der Waals surface area contributed by atoms with Gasteiger partial charge in [-0.1, -0.05) is 55.4 Å². The highest BCUT2D eigenvalue weighted by Gasteiger charge is 2.54. The maximum atomic E-state index is 13.0. The van der Waals surface area contributed by atoms with Crippen LogP contribution in [-0.4, -0.2) is 46.2 Å². The molecule has 4 unspecified atom stereocenters. The predicted molar refractivity (Wildman–Crippen MR) is 115 cm³/mol. The fraction of sp³-hybridized carbons (Fsp3) is 0.905. The number of aliphatic hydroxyl groups is 1. The van der Waals surface area contributed by atoms with Crippen molar-refractivity contribution in [2.24, 2.45) is 33.8 Å². The summed E-state index contributed by atoms with van der Waals surface area (Å²) in [6, 6.07) is 0. The van der Waals surface area contributed by atoms with Gasteiger partial charge in [-0.05, 0) is 29.6 Å². The molecule has 4 N–H and O–H groups in total. The topological polar surface area (TPSA) is 110 Å². The first-order valence-electron chi connectivity index (χ1n) is 9.76. The van der Waals surface area contributed by atoms with Gasteiger partial charge in [0.2, 0.25) is 0 Å². The molecule has 0 radical (unpaired) electrons. The molecule has 0 fully saturated rings. The van der Waals surface area contributed by atoms with Crippen LogP contribution in [0.15, 0.2) is 0 Å². The molecule has 0 heterocycles. The number of aliphatic carboxylic acids is 1. The summed E-state index contributed by atoms with van der Waals surface area (Å²) in [5.41, 5.74) is 4.08. The first-order valence-corrected chi connectivity index (χ1v) is 10.4. The third kappa shape index (κ3) is 6.92. The van der Waals surface area contributed by atoms with Gasteiger partial charge in [-0.15, -0.1) is 0 Å². The molecule has 0 aliphatic heterocycles. The molecular formula is C21H41NO5S. The van der Waals surface area contributed by atoms with Crippen molar-refractivity contribution in [1.82, 2.24) is 0 Å². The molecule has 7 heteroatoms. The van der Waals surface area contributed by atoms with E-state index in [2.05, 4.69) is 12.6 Å². The number of thiol groups is 1. The van der Waals surface area contributed by atoms with E-state index in [0.29, 0.717) is 6.42 Å². The van der Waals surface area contributed by atoms with Gasteiger partial charge in [-0.2, -0.15) is 12.6 Å². The van der Waals surface area contributed by atoms with E-state index < -0.39 is 51.7 Å². The van der Waals surface area contributed by atoms with Gasteiger partial charge in [0.05, 0.1) is 17.9 Å². The second-order valence-electron chi connectivity index (χ2n) is 10.9. The highest BCUT2D eigenvalue weighted by Crippen LogP contribution is 2.48. The Bertz CT molecular complexity index is 546.